The van der Waals surface area contributed by atoms with E-state index in [0.29, 0.717) is 25.9 Å². The Morgan fingerprint density at radius 1 is 1.14 bits per heavy atom. The first-order valence-corrected chi connectivity index (χ1v) is 7.65. The molecule has 0 atom stereocenters. The van der Waals surface area contributed by atoms with Gasteiger partial charge in [0.05, 0.1) is 0 Å². The lowest BCUT2D eigenvalue weighted by Gasteiger charge is -2.30. The van der Waals surface area contributed by atoms with Crippen LogP contribution >= 0.6 is 0 Å². The molecule has 0 unspecified atom stereocenters. The number of anilines is 1. The average molecular weight is 298 g/mol. The number of para-hydroxylation sites is 1. The molecule has 1 fully saturated rings. The van der Waals surface area contributed by atoms with E-state index in [4.69, 9.17) is 0 Å². The van der Waals surface area contributed by atoms with Gasteiger partial charge in [0.15, 0.2) is 0 Å². The molecule has 116 valence electrons. The summed E-state index contributed by atoms with van der Waals surface area (Å²) in [6.07, 6.45) is 8.45. The van der Waals surface area contributed by atoms with Crippen molar-refractivity contribution < 1.29 is 9.59 Å². The second-order valence-corrected chi connectivity index (χ2v) is 5.34. The summed E-state index contributed by atoms with van der Waals surface area (Å²) >= 11 is 0. The molecule has 1 aromatic rings. The maximum atomic E-state index is 12.2. The van der Waals surface area contributed by atoms with Gasteiger partial charge in [-0.05, 0) is 31.9 Å². The summed E-state index contributed by atoms with van der Waals surface area (Å²) < 4.78 is 0. The molecule has 1 heterocycles. The number of hydrogen-bond acceptors (Lipinski definition) is 2. The summed E-state index contributed by atoms with van der Waals surface area (Å²) in [5, 5.41) is 2.93. The van der Waals surface area contributed by atoms with E-state index in [2.05, 4.69) is 5.32 Å². The number of rotatable bonds is 4. The molecule has 1 aliphatic heterocycles. The molecule has 1 N–H and O–H groups in total. The smallest absolute Gasteiger partial charge is 0.246 e. The van der Waals surface area contributed by atoms with Crippen molar-refractivity contribution in [2.45, 2.75) is 19.8 Å². The Morgan fingerprint density at radius 3 is 2.45 bits per heavy atom. The normalized spacial score (nSPS) is 16.3. The lowest BCUT2D eigenvalue weighted by Crippen LogP contribution is -2.40. The summed E-state index contributed by atoms with van der Waals surface area (Å²) in [5.74, 6) is 0.0338. The summed E-state index contributed by atoms with van der Waals surface area (Å²) in [7, 11) is 0. The van der Waals surface area contributed by atoms with E-state index in [0.717, 1.165) is 5.69 Å². The predicted molar refractivity (Wildman–Crippen MR) is 88.3 cm³/mol. The molecule has 0 spiro atoms. The second kappa shape index (κ2) is 8.17. The van der Waals surface area contributed by atoms with Gasteiger partial charge in [0.2, 0.25) is 11.8 Å². The number of amides is 2. The van der Waals surface area contributed by atoms with Crippen LogP contribution in [0.15, 0.2) is 54.6 Å². The third kappa shape index (κ3) is 4.58. The minimum Gasteiger partial charge on any atom is -0.339 e. The zero-order chi connectivity index (χ0) is 15.8. The van der Waals surface area contributed by atoms with E-state index in [1.54, 1.807) is 17.1 Å². The van der Waals surface area contributed by atoms with Crippen LogP contribution < -0.4 is 5.32 Å². The molecule has 1 saturated heterocycles. The van der Waals surface area contributed by atoms with Crippen LogP contribution in [0, 0.1) is 5.92 Å². The molecule has 0 aliphatic carbocycles. The standard InChI is InChI=1S/C18H22N2O2/c1-2-3-5-10-17(21)20-13-11-15(12-14-20)18(22)19-16-8-6-4-7-9-16/h2-10,15H,11-14H2,1H3,(H,19,22). The lowest BCUT2D eigenvalue weighted by atomic mass is 9.95. The highest BCUT2D eigenvalue weighted by Crippen LogP contribution is 2.19. The van der Waals surface area contributed by atoms with Crippen LogP contribution in [-0.4, -0.2) is 29.8 Å². The van der Waals surface area contributed by atoms with Gasteiger partial charge in [-0.25, -0.2) is 0 Å². The highest BCUT2D eigenvalue weighted by Gasteiger charge is 2.26. The fourth-order valence-electron chi connectivity index (χ4n) is 2.48. The van der Waals surface area contributed by atoms with E-state index < -0.39 is 0 Å². The van der Waals surface area contributed by atoms with Gasteiger partial charge >= 0.3 is 0 Å². The highest BCUT2D eigenvalue weighted by molar-refractivity contribution is 5.93. The Labute approximate surface area is 131 Å². The van der Waals surface area contributed by atoms with Crippen LogP contribution in [0.2, 0.25) is 0 Å². The van der Waals surface area contributed by atoms with Crippen molar-refractivity contribution in [2.24, 2.45) is 5.92 Å². The molecule has 0 aromatic heterocycles. The fraction of sp³-hybridized carbons (Fsp3) is 0.333. The lowest BCUT2D eigenvalue weighted by molar-refractivity contribution is -0.130. The SMILES string of the molecule is CC=CC=CC(=O)N1CCC(C(=O)Nc2ccccc2)CC1. The summed E-state index contributed by atoms with van der Waals surface area (Å²) in [6, 6.07) is 9.47. The molecule has 2 amide bonds. The van der Waals surface area contributed by atoms with E-state index in [1.165, 1.54) is 0 Å². The number of allylic oxidation sites excluding steroid dienone is 3. The van der Waals surface area contributed by atoms with E-state index in [9.17, 15) is 9.59 Å². The van der Waals surface area contributed by atoms with Crippen LogP contribution in [0.3, 0.4) is 0 Å². The van der Waals surface area contributed by atoms with Gasteiger partial charge in [0.1, 0.15) is 0 Å². The number of likely N-dealkylation sites (tertiary alicyclic amines) is 1. The molecular weight excluding hydrogens is 276 g/mol. The number of benzene rings is 1. The maximum absolute atomic E-state index is 12.2. The van der Waals surface area contributed by atoms with Crippen molar-refractivity contribution in [2.75, 3.05) is 18.4 Å². The zero-order valence-electron chi connectivity index (χ0n) is 12.9. The van der Waals surface area contributed by atoms with Gasteiger partial charge in [-0.15, -0.1) is 0 Å². The van der Waals surface area contributed by atoms with Gasteiger partial charge in [0.25, 0.3) is 0 Å². The molecule has 1 aromatic carbocycles. The van der Waals surface area contributed by atoms with Crippen LogP contribution in [0.4, 0.5) is 5.69 Å². The van der Waals surface area contributed by atoms with E-state index >= 15 is 0 Å². The Balaban J connectivity index is 1.81. The minimum atomic E-state index is -0.0243. The Kier molecular flexibility index (Phi) is 5.95. The monoisotopic (exact) mass is 298 g/mol. The van der Waals surface area contributed by atoms with Crippen molar-refractivity contribution in [1.29, 1.82) is 0 Å². The van der Waals surface area contributed by atoms with Crippen LogP contribution in [0.25, 0.3) is 0 Å². The van der Waals surface area contributed by atoms with Crippen molar-refractivity contribution in [3.8, 4) is 0 Å². The van der Waals surface area contributed by atoms with Crippen LogP contribution in [0.5, 0.6) is 0 Å². The molecular formula is C18H22N2O2. The molecule has 1 aliphatic rings. The van der Waals surface area contributed by atoms with E-state index in [1.807, 2.05) is 49.4 Å². The first-order valence-electron chi connectivity index (χ1n) is 7.65. The van der Waals surface area contributed by atoms with Gasteiger partial charge in [0, 0.05) is 30.8 Å². The number of carbonyl (C=O) groups excluding carboxylic acids is 2. The third-order valence-electron chi connectivity index (χ3n) is 3.76. The molecule has 0 saturated carbocycles. The largest absolute Gasteiger partial charge is 0.339 e. The Bertz CT molecular complexity index is 556. The average Bonchev–Trinajstić information content (AvgIpc) is 2.56. The Morgan fingerprint density at radius 2 is 1.82 bits per heavy atom. The molecule has 22 heavy (non-hydrogen) atoms. The summed E-state index contributed by atoms with van der Waals surface area (Å²) in [5.41, 5.74) is 0.820. The predicted octanol–water partition coefficient (Wildman–Crippen LogP) is 3.00. The molecule has 4 heteroatoms. The van der Waals surface area contributed by atoms with Gasteiger partial charge in [-0.2, -0.15) is 0 Å². The number of nitrogens with one attached hydrogen (secondary N) is 1. The molecule has 0 radical (unpaired) electrons. The van der Waals surface area contributed by atoms with Crippen LogP contribution in [-0.2, 0) is 9.59 Å². The summed E-state index contributed by atoms with van der Waals surface area (Å²) in [4.78, 5) is 26.0. The van der Waals surface area contributed by atoms with Gasteiger partial charge < -0.3 is 10.2 Å². The highest BCUT2D eigenvalue weighted by atomic mass is 16.2. The van der Waals surface area contributed by atoms with Gasteiger partial charge in [-0.1, -0.05) is 36.4 Å². The van der Waals surface area contributed by atoms with Crippen LogP contribution in [0.1, 0.15) is 19.8 Å². The van der Waals surface area contributed by atoms with E-state index in [-0.39, 0.29) is 17.7 Å². The fourth-order valence-corrected chi connectivity index (χ4v) is 2.48. The quantitative estimate of drug-likeness (QED) is 0.686. The van der Waals surface area contributed by atoms with Crippen molar-refractivity contribution in [3.05, 3.63) is 54.6 Å². The first-order chi connectivity index (χ1) is 10.7. The molecule has 2 rings (SSSR count). The number of hydrogen-bond donors (Lipinski definition) is 1. The Hall–Kier alpha value is -2.36. The van der Waals surface area contributed by atoms with Crippen molar-refractivity contribution >= 4 is 17.5 Å². The van der Waals surface area contributed by atoms with Crippen molar-refractivity contribution in [3.63, 3.8) is 0 Å². The topological polar surface area (TPSA) is 49.4 Å². The van der Waals surface area contributed by atoms with Crippen molar-refractivity contribution in [1.82, 2.24) is 4.90 Å². The molecule has 4 nitrogen and oxygen atoms in total. The first kappa shape index (κ1) is 16.0. The molecule has 0 bridgehead atoms. The zero-order valence-corrected chi connectivity index (χ0v) is 12.9. The number of nitrogens with zero attached hydrogens (tertiary/aromatic N) is 1. The summed E-state index contributed by atoms with van der Waals surface area (Å²) in [6.45, 7) is 3.17. The minimum absolute atomic E-state index is 0.0139. The number of piperidine rings is 1. The van der Waals surface area contributed by atoms with Gasteiger partial charge in [-0.3, -0.25) is 9.59 Å². The maximum Gasteiger partial charge on any atom is 0.246 e. The second-order valence-electron chi connectivity index (χ2n) is 5.34. The number of carbonyl (C=O) groups is 2. The third-order valence-corrected chi connectivity index (χ3v) is 3.76.